The molecule has 170 valence electrons. The van der Waals surface area contributed by atoms with Gasteiger partial charge in [0.1, 0.15) is 5.75 Å². The molecule has 0 saturated carbocycles. The summed E-state index contributed by atoms with van der Waals surface area (Å²) in [6.07, 6.45) is 0.903. The molecule has 8 heteroatoms. The van der Waals surface area contributed by atoms with E-state index < -0.39 is 0 Å². The smallest absolute Gasteiger partial charge is 0.239 e. The number of methoxy groups -OCH3 is 1. The number of hydrogen-bond donors (Lipinski definition) is 0. The molecule has 1 amide bonds. The Bertz CT molecular complexity index is 1030. The summed E-state index contributed by atoms with van der Waals surface area (Å²) >= 11 is 3.13. The quantitative estimate of drug-likeness (QED) is 0.430. The number of thiazole rings is 1. The lowest BCUT2D eigenvalue weighted by Gasteiger charge is -2.27. The molecule has 6 nitrogen and oxygen atoms in total. The molecule has 0 unspecified atom stereocenters. The average Bonchev–Trinajstić information content (AvgIpc) is 3.24. The number of amides is 1. The highest BCUT2D eigenvalue weighted by Crippen LogP contribution is 2.32. The van der Waals surface area contributed by atoms with Crippen LogP contribution >= 0.6 is 23.1 Å². The Kier molecular flexibility index (Phi) is 8.02. The molecule has 0 aliphatic carbocycles. The van der Waals surface area contributed by atoms with Crippen LogP contribution in [0.15, 0.2) is 47.4 Å². The standard InChI is InChI=1S/C24H29N3O3S2/c1-18-4-7-20(8-5-18)31-17-23(28)27(11-3-10-26-12-14-30-15-13-26)24-25-21-16-19(29-2)6-9-22(21)32-24/h4-9,16H,3,10-15,17H2,1-2H3. The second-order valence-electron chi connectivity index (χ2n) is 7.78. The molecule has 0 bridgehead atoms. The molecule has 0 spiro atoms. The molecule has 3 aromatic rings. The maximum absolute atomic E-state index is 13.3. The van der Waals surface area contributed by atoms with Crippen LogP contribution in [-0.2, 0) is 9.53 Å². The fourth-order valence-electron chi connectivity index (χ4n) is 3.60. The van der Waals surface area contributed by atoms with E-state index in [2.05, 4.69) is 36.1 Å². The third-order valence-corrected chi connectivity index (χ3v) is 7.51. The molecule has 4 rings (SSSR count). The summed E-state index contributed by atoms with van der Waals surface area (Å²) in [5.41, 5.74) is 2.08. The van der Waals surface area contributed by atoms with Gasteiger partial charge in [0, 0.05) is 37.1 Å². The number of ether oxygens (including phenoxy) is 2. The summed E-state index contributed by atoms with van der Waals surface area (Å²) in [6, 6.07) is 14.2. The van der Waals surface area contributed by atoms with Crippen molar-refractivity contribution in [3.8, 4) is 5.75 Å². The first-order valence-corrected chi connectivity index (χ1v) is 12.7. The maximum Gasteiger partial charge on any atom is 0.239 e. The Hall–Kier alpha value is -2.13. The number of hydrogen-bond acceptors (Lipinski definition) is 7. The van der Waals surface area contributed by atoms with E-state index in [1.54, 1.807) is 30.2 Å². The number of carbonyl (C=O) groups excluding carboxylic acids is 1. The highest BCUT2D eigenvalue weighted by molar-refractivity contribution is 8.00. The first-order chi connectivity index (χ1) is 15.6. The Balaban J connectivity index is 1.47. The van der Waals surface area contributed by atoms with E-state index in [4.69, 9.17) is 14.5 Å². The molecule has 32 heavy (non-hydrogen) atoms. The van der Waals surface area contributed by atoms with Gasteiger partial charge in [0.05, 0.1) is 36.3 Å². The third-order valence-electron chi connectivity index (χ3n) is 5.46. The van der Waals surface area contributed by atoms with Crippen molar-refractivity contribution in [2.24, 2.45) is 0 Å². The summed E-state index contributed by atoms with van der Waals surface area (Å²) in [5, 5.41) is 0.754. The van der Waals surface area contributed by atoms with Gasteiger partial charge in [-0.25, -0.2) is 4.98 Å². The lowest BCUT2D eigenvalue weighted by Crippen LogP contribution is -2.39. The van der Waals surface area contributed by atoms with Crippen molar-refractivity contribution in [3.63, 3.8) is 0 Å². The van der Waals surface area contributed by atoms with Crippen molar-refractivity contribution < 1.29 is 14.3 Å². The highest BCUT2D eigenvalue weighted by atomic mass is 32.2. The molecule has 1 saturated heterocycles. The number of nitrogens with zero attached hydrogens (tertiary/aromatic N) is 3. The van der Waals surface area contributed by atoms with Crippen LogP contribution in [0.5, 0.6) is 5.75 Å². The Morgan fingerprint density at radius 2 is 2.00 bits per heavy atom. The van der Waals surface area contributed by atoms with Crippen LogP contribution < -0.4 is 9.64 Å². The first-order valence-electron chi connectivity index (χ1n) is 10.9. The normalized spacial score (nSPS) is 14.6. The number of morpholine rings is 1. The minimum atomic E-state index is 0.0866. The van der Waals surface area contributed by atoms with E-state index in [1.807, 2.05) is 23.1 Å². The summed E-state index contributed by atoms with van der Waals surface area (Å²) < 4.78 is 11.8. The lowest BCUT2D eigenvalue weighted by atomic mass is 10.2. The van der Waals surface area contributed by atoms with Gasteiger partial charge in [0.25, 0.3) is 0 Å². The maximum atomic E-state index is 13.3. The molecule has 1 aliphatic rings. The number of anilines is 1. The van der Waals surface area contributed by atoms with Gasteiger partial charge in [0.15, 0.2) is 5.13 Å². The zero-order chi connectivity index (χ0) is 22.3. The van der Waals surface area contributed by atoms with E-state index in [-0.39, 0.29) is 5.91 Å². The topological polar surface area (TPSA) is 54.9 Å². The largest absolute Gasteiger partial charge is 0.497 e. The molecule has 1 aromatic heterocycles. The average molecular weight is 472 g/mol. The molecule has 2 heterocycles. The second-order valence-corrected chi connectivity index (χ2v) is 9.84. The van der Waals surface area contributed by atoms with Crippen LogP contribution in [-0.4, -0.2) is 68.0 Å². The Morgan fingerprint density at radius 3 is 2.75 bits per heavy atom. The van der Waals surface area contributed by atoms with Gasteiger partial charge in [-0.2, -0.15) is 0 Å². The molecule has 0 N–H and O–H groups in total. The second kappa shape index (κ2) is 11.1. The Labute approximate surface area is 197 Å². The van der Waals surface area contributed by atoms with Crippen molar-refractivity contribution in [1.29, 1.82) is 0 Å². The van der Waals surface area contributed by atoms with Gasteiger partial charge < -0.3 is 9.47 Å². The van der Waals surface area contributed by atoms with Gasteiger partial charge in [-0.15, -0.1) is 11.8 Å². The van der Waals surface area contributed by atoms with Crippen LogP contribution in [0.1, 0.15) is 12.0 Å². The van der Waals surface area contributed by atoms with Gasteiger partial charge in [-0.3, -0.25) is 14.6 Å². The fraction of sp³-hybridized carbons (Fsp3) is 0.417. The summed E-state index contributed by atoms with van der Waals surface area (Å²) in [7, 11) is 1.65. The molecule has 1 fully saturated rings. The molecular weight excluding hydrogens is 442 g/mol. The van der Waals surface area contributed by atoms with Crippen molar-refractivity contribution in [2.75, 3.05) is 57.2 Å². The molecule has 0 radical (unpaired) electrons. The van der Waals surface area contributed by atoms with Gasteiger partial charge in [0.2, 0.25) is 5.91 Å². The van der Waals surface area contributed by atoms with Gasteiger partial charge >= 0.3 is 0 Å². The minimum absolute atomic E-state index is 0.0866. The van der Waals surface area contributed by atoms with Crippen LogP contribution in [0.2, 0.25) is 0 Å². The van der Waals surface area contributed by atoms with Crippen LogP contribution in [0.3, 0.4) is 0 Å². The molecule has 1 aliphatic heterocycles. The summed E-state index contributed by atoms with van der Waals surface area (Å²) in [5.74, 6) is 1.25. The van der Waals surface area contributed by atoms with Crippen LogP contribution in [0, 0.1) is 6.92 Å². The number of rotatable bonds is 9. The van der Waals surface area contributed by atoms with E-state index in [0.717, 1.165) is 65.3 Å². The number of aryl methyl sites for hydroxylation is 1. The van der Waals surface area contributed by atoms with Crippen LogP contribution in [0.25, 0.3) is 10.2 Å². The number of aromatic nitrogens is 1. The number of fused-ring (bicyclic) bond motifs is 1. The molecular formula is C24H29N3O3S2. The SMILES string of the molecule is COc1ccc2sc(N(CCCN3CCOCC3)C(=O)CSc3ccc(C)cc3)nc2c1. The van der Waals surface area contributed by atoms with Gasteiger partial charge in [-0.1, -0.05) is 29.0 Å². The van der Waals surface area contributed by atoms with Crippen molar-refractivity contribution in [3.05, 3.63) is 48.0 Å². The monoisotopic (exact) mass is 471 g/mol. The van der Waals surface area contributed by atoms with E-state index >= 15 is 0 Å². The first kappa shape index (κ1) is 23.0. The van der Waals surface area contributed by atoms with E-state index in [1.165, 1.54) is 5.56 Å². The number of benzene rings is 2. The van der Waals surface area contributed by atoms with Crippen molar-refractivity contribution in [2.45, 2.75) is 18.2 Å². The number of carbonyl (C=O) groups is 1. The number of thioether (sulfide) groups is 1. The molecule has 2 aromatic carbocycles. The molecule has 0 atom stereocenters. The zero-order valence-corrected chi connectivity index (χ0v) is 20.2. The lowest BCUT2D eigenvalue weighted by molar-refractivity contribution is -0.116. The predicted octanol–water partition coefficient (Wildman–Crippen LogP) is 4.46. The van der Waals surface area contributed by atoms with Crippen molar-refractivity contribution in [1.82, 2.24) is 9.88 Å². The van der Waals surface area contributed by atoms with Crippen LogP contribution in [0.4, 0.5) is 5.13 Å². The van der Waals surface area contributed by atoms with E-state index in [9.17, 15) is 4.79 Å². The predicted molar refractivity (Wildman–Crippen MR) is 132 cm³/mol. The van der Waals surface area contributed by atoms with E-state index in [0.29, 0.717) is 12.3 Å². The Morgan fingerprint density at radius 1 is 1.22 bits per heavy atom. The summed E-state index contributed by atoms with van der Waals surface area (Å²) in [6.45, 7) is 7.16. The summed E-state index contributed by atoms with van der Waals surface area (Å²) in [4.78, 5) is 23.4. The van der Waals surface area contributed by atoms with Crippen molar-refractivity contribution >= 4 is 44.4 Å². The third kappa shape index (κ3) is 6.01. The minimum Gasteiger partial charge on any atom is -0.497 e. The zero-order valence-electron chi connectivity index (χ0n) is 18.6. The fourth-order valence-corrected chi connectivity index (χ4v) is 5.36. The highest BCUT2D eigenvalue weighted by Gasteiger charge is 2.21. The van der Waals surface area contributed by atoms with Gasteiger partial charge in [-0.05, 0) is 37.6 Å².